The number of aromatic nitrogens is 2. The van der Waals surface area contributed by atoms with Crippen LogP contribution in [0.15, 0.2) is 16.9 Å². The number of fused-ring (bicyclic) bond motifs is 1. The standard InChI is InChI=1S/C17H21N3O4/c1-4-18-13-6-10(3)12(8-14(13)19(5-2)17(18)24)20-9-11(16(22)23)7-15(20)21/h6,8,11H,4-5,7,9H2,1-3H3,(H,22,23). The molecule has 128 valence electrons. The molecule has 7 heteroatoms. The lowest BCUT2D eigenvalue weighted by Crippen LogP contribution is -2.26. The first kappa shape index (κ1) is 16.3. The zero-order valence-corrected chi connectivity index (χ0v) is 14.1. The Kier molecular flexibility index (Phi) is 3.95. The largest absolute Gasteiger partial charge is 0.481 e. The number of benzene rings is 1. The van der Waals surface area contributed by atoms with E-state index in [1.165, 1.54) is 4.90 Å². The van der Waals surface area contributed by atoms with Crippen LogP contribution in [0.4, 0.5) is 5.69 Å². The number of carbonyl (C=O) groups is 2. The van der Waals surface area contributed by atoms with Crippen LogP contribution >= 0.6 is 0 Å². The second kappa shape index (κ2) is 5.81. The number of amides is 1. The van der Waals surface area contributed by atoms with Crippen molar-refractivity contribution in [2.24, 2.45) is 5.92 Å². The highest BCUT2D eigenvalue weighted by molar-refractivity contribution is 6.01. The van der Waals surface area contributed by atoms with Gasteiger partial charge in [-0.15, -0.1) is 0 Å². The van der Waals surface area contributed by atoms with Crippen molar-refractivity contribution in [2.45, 2.75) is 40.3 Å². The minimum Gasteiger partial charge on any atom is -0.481 e. The topological polar surface area (TPSA) is 84.5 Å². The van der Waals surface area contributed by atoms with Crippen molar-refractivity contribution in [1.29, 1.82) is 0 Å². The summed E-state index contributed by atoms with van der Waals surface area (Å²) < 4.78 is 3.39. The molecule has 1 unspecified atom stereocenters. The van der Waals surface area contributed by atoms with Gasteiger partial charge in [-0.3, -0.25) is 18.7 Å². The molecular formula is C17H21N3O4. The molecule has 2 heterocycles. The Hall–Kier alpha value is -2.57. The molecule has 1 aromatic carbocycles. The lowest BCUT2D eigenvalue weighted by molar-refractivity contribution is -0.141. The van der Waals surface area contributed by atoms with Gasteiger partial charge in [-0.2, -0.15) is 0 Å². The van der Waals surface area contributed by atoms with E-state index in [0.29, 0.717) is 18.8 Å². The van der Waals surface area contributed by atoms with Crippen LogP contribution in [0.2, 0.25) is 0 Å². The zero-order chi connectivity index (χ0) is 17.6. The minimum absolute atomic E-state index is 0.0172. The summed E-state index contributed by atoms with van der Waals surface area (Å²) in [6.07, 6.45) is 0.0172. The van der Waals surface area contributed by atoms with Crippen LogP contribution in [0.5, 0.6) is 0 Å². The minimum atomic E-state index is -0.952. The summed E-state index contributed by atoms with van der Waals surface area (Å²) >= 11 is 0. The van der Waals surface area contributed by atoms with Gasteiger partial charge in [0.25, 0.3) is 0 Å². The molecule has 3 rings (SSSR count). The molecule has 1 atom stereocenters. The van der Waals surface area contributed by atoms with Crippen LogP contribution in [0.3, 0.4) is 0 Å². The number of hydrogen-bond donors (Lipinski definition) is 1. The lowest BCUT2D eigenvalue weighted by atomic mass is 10.1. The van der Waals surface area contributed by atoms with E-state index in [4.69, 9.17) is 5.11 Å². The van der Waals surface area contributed by atoms with Gasteiger partial charge in [-0.25, -0.2) is 4.79 Å². The molecule has 7 nitrogen and oxygen atoms in total. The molecular weight excluding hydrogens is 310 g/mol. The number of anilines is 1. The van der Waals surface area contributed by atoms with Crippen LogP contribution < -0.4 is 10.6 Å². The van der Waals surface area contributed by atoms with Gasteiger partial charge in [0.15, 0.2) is 0 Å². The van der Waals surface area contributed by atoms with E-state index in [9.17, 15) is 14.4 Å². The SMILES string of the molecule is CCn1c(=O)n(CC)c2cc(N3CC(C(=O)O)CC3=O)c(C)cc21. The molecule has 24 heavy (non-hydrogen) atoms. The number of aryl methyl sites for hydroxylation is 3. The van der Waals surface area contributed by atoms with Crippen molar-refractivity contribution in [2.75, 3.05) is 11.4 Å². The van der Waals surface area contributed by atoms with Crippen LogP contribution in [-0.2, 0) is 22.7 Å². The average molecular weight is 331 g/mol. The van der Waals surface area contributed by atoms with E-state index in [1.807, 2.05) is 32.9 Å². The number of aliphatic carboxylic acids is 1. The fraction of sp³-hybridized carbons (Fsp3) is 0.471. The van der Waals surface area contributed by atoms with Crippen molar-refractivity contribution in [3.63, 3.8) is 0 Å². The molecule has 0 radical (unpaired) electrons. The second-order valence-electron chi connectivity index (χ2n) is 6.14. The number of nitrogens with zero attached hydrogens (tertiary/aromatic N) is 3. The molecule has 0 spiro atoms. The van der Waals surface area contributed by atoms with E-state index in [1.54, 1.807) is 9.13 Å². The van der Waals surface area contributed by atoms with Crippen LogP contribution in [0, 0.1) is 12.8 Å². The molecule has 1 aliphatic heterocycles. The van der Waals surface area contributed by atoms with Gasteiger partial charge in [0.2, 0.25) is 5.91 Å². The zero-order valence-electron chi connectivity index (χ0n) is 14.1. The second-order valence-corrected chi connectivity index (χ2v) is 6.14. The van der Waals surface area contributed by atoms with Gasteiger partial charge >= 0.3 is 11.7 Å². The molecule has 1 fully saturated rings. The number of hydrogen-bond acceptors (Lipinski definition) is 3. The van der Waals surface area contributed by atoms with Crippen LogP contribution in [-0.4, -0.2) is 32.7 Å². The fourth-order valence-corrected chi connectivity index (χ4v) is 3.46. The Labute approximate surface area is 139 Å². The number of rotatable bonds is 4. The van der Waals surface area contributed by atoms with Crippen molar-refractivity contribution in [3.8, 4) is 0 Å². The average Bonchev–Trinajstić information content (AvgIpc) is 3.03. The Morgan fingerprint density at radius 1 is 1.17 bits per heavy atom. The van der Waals surface area contributed by atoms with E-state index in [2.05, 4.69) is 0 Å². The maximum absolute atomic E-state index is 12.5. The van der Waals surface area contributed by atoms with E-state index in [0.717, 1.165) is 16.6 Å². The predicted molar refractivity (Wildman–Crippen MR) is 90.4 cm³/mol. The molecule has 2 aromatic rings. The summed E-state index contributed by atoms with van der Waals surface area (Å²) in [5.41, 5.74) is 3.09. The Bertz CT molecular complexity index is 893. The smallest absolute Gasteiger partial charge is 0.329 e. The molecule has 1 N–H and O–H groups in total. The van der Waals surface area contributed by atoms with Crippen molar-refractivity contribution < 1.29 is 14.7 Å². The van der Waals surface area contributed by atoms with Gasteiger partial charge in [0.05, 0.1) is 17.0 Å². The van der Waals surface area contributed by atoms with Gasteiger partial charge in [-0.1, -0.05) is 0 Å². The van der Waals surface area contributed by atoms with Gasteiger partial charge in [0.1, 0.15) is 0 Å². The number of carboxylic acid groups (broad SMARTS) is 1. The summed E-state index contributed by atoms with van der Waals surface area (Å²) in [5, 5.41) is 9.16. The maximum Gasteiger partial charge on any atom is 0.329 e. The van der Waals surface area contributed by atoms with Crippen LogP contribution in [0.25, 0.3) is 11.0 Å². The van der Waals surface area contributed by atoms with Gasteiger partial charge < -0.3 is 10.0 Å². The Morgan fingerprint density at radius 3 is 2.25 bits per heavy atom. The summed E-state index contributed by atoms with van der Waals surface area (Å²) in [6, 6.07) is 3.74. The molecule has 0 bridgehead atoms. The quantitative estimate of drug-likeness (QED) is 0.922. The lowest BCUT2D eigenvalue weighted by Gasteiger charge is -2.19. The predicted octanol–water partition coefficient (Wildman–Crippen LogP) is 1.59. The first-order valence-corrected chi connectivity index (χ1v) is 8.15. The maximum atomic E-state index is 12.5. The van der Waals surface area contributed by atoms with E-state index in [-0.39, 0.29) is 24.6 Å². The van der Waals surface area contributed by atoms with Crippen molar-refractivity contribution in [3.05, 3.63) is 28.2 Å². The third kappa shape index (κ3) is 2.31. The molecule has 1 amide bonds. The molecule has 0 saturated carbocycles. The van der Waals surface area contributed by atoms with E-state index < -0.39 is 11.9 Å². The number of carboxylic acids is 1. The van der Waals surface area contributed by atoms with Crippen molar-refractivity contribution in [1.82, 2.24) is 9.13 Å². The van der Waals surface area contributed by atoms with E-state index >= 15 is 0 Å². The summed E-state index contributed by atoms with van der Waals surface area (Å²) in [5.74, 6) is -1.82. The molecule has 0 aliphatic carbocycles. The Morgan fingerprint density at radius 2 is 1.75 bits per heavy atom. The fourth-order valence-electron chi connectivity index (χ4n) is 3.46. The summed E-state index contributed by atoms with van der Waals surface area (Å²) in [6.45, 7) is 6.99. The highest BCUT2D eigenvalue weighted by Gasteiger charge is 2.36. The highest BCUT2D eigenvalue weighted by Crippen LogP contribution is 2.31. The summed E-state index contributed by atoms with van der Waals surface area (Å²) in [7, 11) is 0. The number of carbonyl (C=O) groups excluding carboxylic acids is 1. The normalized spacial score (nSPS) is 17.9. The first-order chi connectivity index (χ1) is 11.4. The van der Waals surface area contributed by atoms with Crippen LogP contribution in [0.1, 0.15) is 25.8 Å². The van der Waals surface area contributed by atoms with Gasteiger partial charge in [0, 0.05) is 31.7 Å². The monoisotopic (exact) mass is 331 g/mol. The number of imidazole rings is 1. The third-order valence-corrected chi connectivity index (χ3v) is 4.73. The van der Waals surface area contributed by atoms with Crippen molar-refractivity contribution >= 4 is 28.6 Å². The third-order valence-electron chi connectivity index (χ3n) is 4.73. The Balaban J connectivity index is 2.17. The molecule has 1 saturated heterocycles. The molecule has 1 aromatic heterocycles. The first-order valence-electron chi connectivity index (χ1n) is 8.15. The summed E-state index contributed by atoms with van der Waals surface area (Å²) in [4.78, 5) is 37.4. The van der Waals surface area contributed by atoms with Gasteiger partial charge in [-0.05, 0) is 38.5 Å². The highest BCUT2D eigenvalue weighted by atomic mass is 16.4. The molecule has 1 aliphatic rings.